The fourth-order valence-corrected chi connectivity index (χ4v) is 1.92. The molecule has 0 aliphatic rings. The molecule has 0 fully saturated rings. The molecule has 1 heterocycles. The molecule has 7 heteroatoms. The van der Waals surface area contributed by atoms with E-state index in [4.69, 9.17) is 5.11 Å². The van der Waals surface area contributed by atoms with Crippen LogP contribution in [-0.4, -0.2) is 27.5 Å². The molecule has 1 aromatic rings. The zero-order valence-corrected chi connectivity index (χ0v) is 12.5. The average molecular weight is 295 g/mol. The molecule has 0 saturated heterocycles. The van der Waals surface area contributed by atoms with Crippen molar-refractivity contribution in [1.29, 1.82) is 0 Å². The molecule has 0 spiro atoms. The van der Waals surface area contributed by atoms with Crippen LogP contribution in [0.4, 0.5) is 11.5 Å². The zero-order chi connectivity index (χ0) is 16.0. The molecule has 21 heavy (non-hydrogen) atoms. The quantitative estimate of drug-likeness (QED) is 0.564. The minimum atomic E-state index is -0.813. The highest BCUT2D eigenvalue weighted by Gasteiger charge is 2.20. The molecular formula is C14H21N3O4. The number of carboxylic acid groups (broad SMARTS) is 1. The van der Waals surface area contributed by atoms with Crippen molar-refractivity contribution in [3.8, 4) is 0 Å². The van der Waals surface area contributed by atoms with Crippen LogP contribution in [0.2, 0.25) is 0 Å². The topological polar surface area (TPSA) is 105 Å². The first kappa shape index (κ1) is 16.9. The van der Waals surface area contributed by atoms with Crippen LogP contribution in [0.25, 0.3) is 0 Å². The van der Waals surface area contributed by atoms with Gasteiger partial charge in [-0.15, -0.1) is 0 Å². The SMILES string of the molecule is Cc1cnc(NCCC(C)(C)CCC(=O)O)c([N+](=O)[O-])c1. The number of carbonyl (C=O) groups is 1. The Balaban J connectivity index is 2.60. The lowest BCUT2D eigenvalue weighted by Crippen LogP contribution is -2.19. The van der Waals surface area contributed by atoms with Crippen LogP contribution in [0.5, 0.6) is 0 Å². The lowest BCUT2D eigenvalue weighted by Gasteiger charge is -2.23. The fourth-order valence-electron chi connectivity index (χ4n) is 1.92. The Morgan fingerprint density at radius 1 is 1.48 bits per heavy atom. The second kappa shape index (κ2) is 7.01. The van der Waals surface area contributed by atoms with Crippen LogP contribution < -0.4 is 5.32 Å². The number of aliphatic carboxylic acids is 1. The number of nitro groups is 1. The number of rotatable bonds is 8. The van der Waals surface area contributed by atoms with Crippen molar-refractivity contribution in [3.63, 3.8) is 0 Å². The van der Waals surface area contributed by atoms with Crippen LogP contribution >= 0.6 is 0 Å². The van der Waals surface area contributed by atoms with Gasteiger partial charge in [-0.05, 0) is 30.7 Å². The summed E-state index contributed by atoms with van der Waals surface area (Å²) < 4.78 is 0. The Morgan fingerprint density at radius 2 is 2.14 bits per heavy atom. The lowest BCUT2D eigenvalue weighted by molar-refractivity contribution is -0.384. The van der Waals surface area contributed by atoms with Gasteiger partial charge in [-0.2, -0.15) is 0 Å². The van der Waals surface area contributed by atoms with Crippen molar-refractivity contribution in [2.45, 2.75) is 40.0 Å². The zero-order valence-electron chi connectivity index (χ0n) is 12.5. The largest absolute Gasteiger partial charge is 0.481 e. The van der Waals surface area contributed by atoms with Gasteiger partial charge < -0.3 is 10.4 Å². The summed E-state index contributed by atoms with van der Waals surface area (Å²) in [5.41, 5.74) is 0.539. The van der Waals surface area contributed by atoms with Crippen molar-refractivity contribution < 1.29 is 14.8 Å². The van der Waals surface area contributed by atoms with Crippen LogP contribution in [0.1, 0.15) is 38.7 Å². The number of pyridine rings is 1. The summed E-state index contributed by atoms with van der Waals surface area (Å²) in [5.74, 6) is -0.563. The summed E-state index contributed by atoms with van der Waals surface area (Å²) in [4.78, 5) is 25.1. The number of hydrogen-bond acceptors (Lipinski definition) is 5. The first-order chi connectivity index (χ1) is 9.71. The molecule has 0 amide bonds. The summed E-state index contributed by atoms with van der Waals surface area (Å²) in [5, 5.41) is 22.6. The molecule has 0 saturated carbocycles. The number of anilines is 1. The van der Waals surface area contributed by atoms with E-state index >= 15 is 0 Å². The molecule has 116 valence electrons. The van der Waals surface area contributed by atoms with E-state index in [1.807, 2.05) is 13.8 Å². The van der Waals surface area contributed by atoms with Crippen LogP contribution in [0.3, 0.4) is 0 Å². The summed E-state index contributed by atoms with van der Waals surface area (Å²) in [6.45, 7) is 6.21. The van der Waals surface area contributed by atoms with E-state index in [0.717, 1.165) is 5.56 Å². The highest BCUT2D eigenvalue weighted by molar-refractivity contribution is 5.66. The summed E-state index contributed by atoms with van der Waals surface area (Å²) >= 11 is 0. The van der Waals surface area contributed by atoms with Gasteiger partial charge in [0.2, 0.25) is 5.82 Å². The van der Waals surface area contributed by atoms with Gasteiger partial charge in [-0.1, -0.05) is 13.8 Å². The second-order valence-electron chi connectivity index (χ2n) is 5.87. The molecule has 0 atom stereocenters. The van der Waals surface area contributed by atoms with Crippen molar-refractivity contribution >= 4 is 17.5 Å². The Kier molecular flexibility index (Phi) is 5.63. The number of hydrogen-bond donors (Lipinski definition) is 2. The maximum absolute atomic E-state index is 11.0. The molecule has 0 bridgehead atoms. The smallest absolute Gasteiger partial charge is 0.311 e. The van der Waals surface area contributed by atoms with Crippen molar-refractivity contribution in [1.82, 2.24) is 4.98 Å². The Hall–Kier alpha value is -2.18. The van der Waals surface area contributed by atoms with Crippen molar-refractivity contribution in [2.75, 3.05) is 11.9 Å². The molecule has 1 rings (SSSR count). The Bertz CT molecular complexity index is 529. The molecule has 0 aromatic carbocycles. The van der Waals surface area contributed by atoms with Crippen molar-refractivity contribution in [3.05, 3.63) is 27.9 Å². The van der Waals surface area contributed by atoms with E-state index in [1.54, 1.807) is 13.1 Å². The van der Waals surface area contributed by atoms with Gasteiger partial charge >= 0.3 is 11.7 Å². The number of aryl methyl sites for hydroxylation is 1. The maximum atomic E-state index is 11.0. The third-order valence-corrected chi connectivity index (χ3v) is 3.31. The standard InChI is InChI=1S/C14H21N3O4/c1-10-8-11(17(20)21)13(16-9-10)15-7-6-14(2,3)5-4-12(18)19/h8-9H,4-7H2,1-3H3,(H,15,16)(H,18,19). The van der Waals surface area contributed by atoms with Gasteiger partial charge in [0.25, 0.3) is 0 Å². The predicted molar refractivity (Wildman–Crippen MR) is 79.4 cm³/mol. The van der Waals surface area contributed by atoms with E-state index in [9.17, 15) is 14.9 Å². The van der Waals surface area contributed by atoms with E-state index in [0.29, 0.717) is 19.4 Å². The minimum absolute atomic E-state index is 0.0432. The normalized spacial score (nSPS) is 11.2. The first-order valence-corrected chi connectivity index (χ1v) is 6.78. The molecule has 0 unspecified atom stereocenters. The van der Waals surface area contributed by atoms with Gasteiger partial charge in [-0.25, -0.2) is 4.98 Å². The molecule has 2 N–H and O–H groups in total. The highest BCUT2D eigenvalue weighted by atomic mass is 16.6. The maximum Gasteiger partial charge on any atom is 0.311 e. The molecule has 0 radical (unpaired) electrons. The van der Waals surface area contributed by atoms with E-state index in [2.05, 4.69) is 10.3 Å². The number of nitrogens with zero attached hydrogens (tertiary/aromatic N) is 2. The van der Waals surface area contributed by atoms with Gasteiger partial charge in [0.1, 0.15) is 0 Å². The van der Waals surface area contributed by atoms with E-state index in [1.165, 1.54) is 6.07 Å². The molecule has 1 aromatic heterocycles. The third-order valence-electron chi connectivity index (χ3n) is 3.31. The predicted octanol–water partition coefficient (Wildman–Crippen LogP) is 2.99. The second-order valence-corrected chi connectivity index (χ2v) is 5.87. The first-order valence-electron chi connectivity index (χ1n) is 6.78. The average Bonchev–Trinajstić information content (AvgIpc) is 2.38. The van der Waals surface area contributed by atoms with Crippen LogP contribution in [0.15, 0.2) is 12.3 Å². The summed E-state index contributed by atoms with van der Waals surface area (Å²) in [6, 6.07) is 1.48. The number of aromatic nitrogens is 1. The minimum Gasteiger partial charge on any atom is -0.481 e. The Morgan fingerprint density at radius 3 is 2.71 bits per heavy atom. The summed E-state index contributed by atoms with van der Waals surface area (Å²) in [7, 11) is 0. The van der Waals surface area contributed by atoms with E-state index < -0.39 is 10.9 Å². The van der Waals surface area contributed by atoms with Gasteiger partial charge in [0.15, 0.2) is 0 Å². The van der Waals surface area contributed by atoms with Crippen LogP contribution in [-0.2, 0) is 4.79 Å². The molecular weight excluding hydrogens is 274 g/mol. The van der Waals surface area contributed by atoms with Crippen LogP contribution in [0, 0.1) is 22.5 Å². The van der Waals surface area contributed by atoms with Gasteiger partial charge in [0, 0.05) is 25.2 Å². The summed E-state index contributed by atoms with van der Waals surface area (Å²) in [6.07, 6.45) is 2.96. The van der Waals surface area contributed by atoms with E-state index in [-0.39, 0.29) is 23.3 Å². The Labute approximate surface area is 123 Å². The monoisotopic (exact) mass is 295 g/mol. The number of nitrogens with one attached hydrogen (secondary N) is 1. The van der Waals surface area contributed by atoms with Gasteiger partial charge in [-0.3, -0.25) is 14.9 Å². The van der Waals surface area contributed by atoms with Crippen molar-refractivity contribution in [2.24, 2.45) is 5.41 Å². The fraction of sp³-hybridized carbons (Fsp3) is 0.571. The molecule has 0 aliphatic carbocycles. The number of carboxylic acids is 1. The third kappa shape index (κ3) is 5.76. The molecule has 7 nitrogen and oxygen atoms in total. The lowest BCUT2D eigenvalue weighted by atomic mass is 9.84. The molecule has 0 aliphatic heterocycles. The highest BCUT2D eigenvalue weighted by Crippen LogP contribution is 2.28. The van der Waals surface area contributed by atoms with Gasteiger partial charge in [0.05, 0.1) is 4.92 Å².